The van der Waals surface area contributed by atoms with E-state index in [4.69, 9.17) is 9.15 Å². The Bertz CT molecular complexity index is 1210. The predicted molar refractivity (Wildman–Crippen MR) is 107 cm³/mol. The number of fused-ring (bicyclic) bond motifs is 1. The number of aromatic nitrogens is 3. The first kappa shape index (κ1) is 18.4. The molecule has 0 aliphatic heterocycles. The lowest BCUT2D eigenvalue weighted by Crippen LogP contribution is -2.31. The van der Waals surface area contributed by atoms with Gasteiger partial charge in [0, 0.05) is 36.1 Å². The summed E-state index contributed by atoms with van der Waals surface area (Å²) in [4.78, 5) is 28.7. The fourth-order valence-corrected chi connectivity index (χ4v) is 2.98. The fourth-order valence-electron chi connectivity index (χ4n) is 2.98. The molecule has 0 aliphatic rings. The van der Waals surface area contributed by atoms with Gasteiger partial charge in [-0.2, -0.15) is 5.10 Å². The van der Waals surface area contributed by atoms with E-state index in [2.05, 4.69) is 15.4 Å². The van der Waals surface area contributed by atoms with Crippen LogP contribution >= 0.6 is 0 Å². The molecule has 8 heteroatoms. The van der Waals surface area contributed by atoms with Crippen LogP contribution in [0.1, 0.15) is 10.4 Å². The Balaban J connectivity index is 1.43. The van der Waals surface area contributed by atoms with Gasteiger partial charge in [0.1, 0.15) is 5.56 Å². The number of hydrogen-bond acceptors (Lipinski definition) is 6. The number of hydrogen-bond donors (Lipinski definition) is 1. The van der Waals surface area contributed by atoms with Gasteiger partial charge in [0.05, 0.1) is 19.3 Å². The van der Waals surface area contributed by atoms with Gasteiger partial charge in [-0.25, -0.2) is 4.79 Å². The Morgan fingerprint density at radius 3 is 2.83 bits per heavy atom. The number of pyridine rings is 1. The maximum Gasteiger partial charge on any atom is 0.349 e. The smallest absolute Gasteiger partial charge is 0.349 e. The van der Waals surface area contributed by atoms with Crippen molar-refractivity contribution in [3.8, 4) is 17.0 Å². The van der Waals surface area contributed by atoms with Gasteiger partial charge in [0.25, 0.3) is 5.91 Å². The molecule has 0 saturated carbocycles. The van der Waals surface area contributed by atoms with Crippen molar-refractivity contribution in [3.63, 3.8) is 0 Å². The maximum atomic E-state index is 12.4. The second kappa shape index (κ2) is 7.97. The molecular weight excluding hydrogens is 372 g/mol. The summed E-state index contributed by atoms with van der Waals surface area (Å²) >= 11 is 0. The topological polar surface area (TPSA) is 99.2 Å². The summed E-state index contributed by atoms with van der Waals surface area (Å²) in [6, 6.07) is 12.4. The van der Waals surface area contributed by atoms with Crippen LogP contribution in [0.2, 0.25) is 0 Å². The molecule has 1 amide bonds. The minimum absolute atomic E-state index is 0.0521. The second-order valence-electron chi connectivity index (χ2n) is 6.28. The van der Waals surface area contributed by atoms with Crippen LogP contribution in [0.3, 0.4) is 0 Å². The summed E-state index contributed by atoms with van der Waals surface area (Å²) in [5.41, 5.74) is 1.34. The minimum atomic E-state index is -0.710. The number of amides is 1. The van der Waals surface area contributed by atoms with Gasteiger partial charge in [0.2, 0.25) is 0 Å². The average Bonchev–Trinajstić information content (AvgIpc) is 3.22. The number of ether oxygens (including phenoxy) is 1. The van der Waals surface area contributed by atoms with Gasteiger partial charge in [0.15, 0.2) is 11.3 Å². The molecule has 146 valence electrons. The van der Waals surface area contributed by atoms with Gasteiger partial charge in [-0.1, -0.05) is 12.1 Å². The molecule has 29 heavy (non-hydrogen) atoms. The third-order valence-electron chi connectivity index (χ3n) is 4.43. The molecule has 3 heterocycles. The molecule has 0 spiro atoms. The van der Waals surface area contributed by atoms with E-state index in [0.29, 0.717) is 29.8 Å². The molecule has 0 saturated heterocycles. The van der Waals surface area contributed by atoms with Crippen molar-refractivity contribution in [1.29, 1.82) is 0 Å². The Morgan fingerprint density at radius 2 is 2.03 bits per heavy atom. The Kier molecular flexibility index (Phi) is 5.07. The van der Waals surface area contributed by atoms with Crippen molar-refractivity contribution in [3.05, 3.63) is 77.0 Å². The molecule has 0 aliphatic carbocycles. The second-order valence-corrected chi connectivity index (χ2v) is 6.28. The van der Waals surface area contributed by atoms with Crippen LogP contribution in [-0.4, -0.2) is 34.3 Å². The zero-order chi connectivity index (χ0) is 20.2. The monoisotopic (exact) mass is 390 g/mol. The number of nitrogens with zero attached hydrogens (tertiary/aromatic N) is 3. The summed E-state index contributed by atoms with van der Waals surface area (Å²) < 4.78 is 12.2. The summed E-state index contributed by atoms with van der Waals surface area (Å²) in [6.45, 7) is 0.773. The lowest BCUT2D eigenvalue weighted by Gasteiger charge is -2.07. The highest BCUT2D eigenvalue weighted by Gasteiger charge is 2.15. The van der Waals surface area contributed by atoms with Crippen LogP contribution in [0.15, 0.2) is 70.3 Å². The largest absolute Gasteiger partial charge is 0.493 e. The van der Waals surface area contributed by atoms with Crippen LogP contribution in [0.5, 0.6) is 5.75 Å². The van der Waals surface area contributed by atoms with E-state index in [-0.39, 0.29) is 5.56 Å². The first-order chi connectivity index (χ1) is 14.2. The van der Waals surface area contributed by atoms with Gasteiger partial charge < -0.3 is 14.5 Å². The number of rotatable bonds is 6. The number of para-hydroxylation sites is 1. The van der Waals surface area contributed by atoms with Crippen molar-refractivity contribution in [2.24, 2.45) is 0 Å². The van der Waals surface area contributed by atoms with Crippen molar-refractivity contribution < 1.29 is 13.9 Å². The van der Waals surface area contributed by atoms with Crippen LogP contribution in [-0.2, 0) is 6.54 Å². The standard InChI is InChI=1S/C21H18N4O4/c1-28-18-4-2-3-15-13-16(21(27)29-19(15)18)20(26)23-10-12-25-11-7-17(24-25)14-5-8-22-9-6-14/h2-9,11,13H,10,12H2,1H3,(H,23,26). The Morgan fingerprint density at radius 1 is 1.21 bits per heavy atom. The summed E-state index contributed by atoms with van der Waals surface area (Å²) in [7, 11) is 1.49. The molecule has 0 atom stereocenters. The average molecular weight is 390 g/mol. The van der Waals surface area contributed by atoms with Gasteiger partial charge in [-0.15, -0.1) is 0 Å². The van der Waals surface area contributed by atoms with Crippen LogP contribution in [0, 0.1) is 0 Å². The molecule has 1 N–H and O–H groups in total. The van der Waals surface area contributed by atoms with E-state index in [1.807, 2.05) is 24.4 Å². The highest BCUT2D eigenvalue weighted by atomic mass is 16.5. The normalized spacial score (nSPS) is 10.8. The van der Waals surface area contributed by atoms with Crippen LogP contribution in [0.25, 0.3) is 22.2 Å². The molecule has 3 aromatic heterocycles. The zero-order valence-corrected chi connectivity index (χ0v) is 15.7. The Labute approximate surface area is 165 Å². The third-order valence-corrected chi connectivity index (χ3v) is 4.43. The molecular formula is C21H18N4O4. The van der Waals surface area contributed by atoms with Crippen molar-refractivity contribution in [2.75, 3.05) is 13.7 Å². The highest BCUT2D eigenvalue weighted by Crippen LogP contribution is 2.24. The number of benzene rings is 1. The van der Waals surface area contributed by atoms with E-state index in [1.54, 1.807) is 35.3 Å². The summed E-state index contributed by atoms with van der Waals surface area (Å²) in [6.07, 6.45) is 5.25. The molecule has 0 bridgehead atoms. The lowest BCUT2D eigenvalue weighted by atomic mass is 10.1. The van der Waals surface area contributed by atoms with Gasteiger partial charge >= 0.3 is 5.63 Å². The summed E-state index contributed by atoms with van der Waals surface area (Å²) in [5, 5.41) is 7.81. The van der Waals surface area contributed by atoms with Crippen LogP contribution in [0.4, 0.5) is 0 Å². The van der Waals surface area contributed by atoms with Crippen molar-refractivity contribution in [1.82, 2.24) is 20.1 Å². The lowest BCUT2D eigenvalue weighted by molar-refractivity contribution is 0.0948. The van der Waals surface area contributed by atoms with E-state index >= 15 is 0 Å². The first-order valence-electron chi connectivity index (χ1n) is 8.98. The molecule has 8 nitrogen and oxygen atoms in total. The molecule has 1 aromatic carbocycles. The SMILES string of the molecule is COc1cccc2cc(C(=O)NCCn3ccc(-c4ccncc4)n3)c(=O)oc12. The van der Waals surface area contributed by atoms with Gasteiger partial charge in [-0.3, -0.25) is 14.5 Å². The molecule has 4 rings (SSSR count). The van der Waals surface area contributed by atoms with Gasteiger partial charge in [-0.05, 0) is 30.3 Å². The van der Waals surface area contributed by atoms with Crippen molar-refractivity contribution in [2.45, 2.75) is 6.54 Å². The van der Waals surface area contributed by atoms with Crippen molar-refractivity contribution >= 4 is 16.9 Å². The Hall–Kier alpha value is -3.94. The van der Waals surface area contributed by atoms with E-state index in [9.17, 15) is 9.59 Å². The number of carbonyl (C=O) groups excluding carboxylic acids is 1. The number of methoxy groups -OCH3 is 1. The zero-order valence-electron chi connectivity index (χ0n) is 15.7. The number of carbonyl (C=O) groups is 1. The molecule has 0 radical (unpaired) electrons. The van der Waals surface area contributed by atoms with E-state index in [1.165, 1.54) is 13.2 Å². The molecule has 0 unspecified atom stereocenters. The highest BCUT2D eigenvalue weighted by molar-refractivity contribution is 5.97. The van der Waals surface area contributed by atoms with Crippen LogP contribution < -0.4 is 15.7 Å². The van der Waals surface area contributed by atoms with E-state index in [0.717, 1.165) is 11.3 Å². The minimum Gasteiger partial charge on any atom is -0.493 e. The predicted octanol–water partition coefficient (Wildman–Crippen LogP) is 2.49. The maximum absolute atomic E-state index is 12.4. The number of nitrogens with one attached hydrogen (secondary N) is 1. The quantitative estimate of drug-likeness (QED) is 0.508. The third kappa shape index (κ3) is 3.86. The summed E-state index contributed by atoms with van der Waals surface area (Å²) in [5.74, 6) is -0.0553. The molecule has 4 aromatic rings. The van der Waals surface area contributed by atoms with E-state index < -0.39 is 11.5 Å². The fraction of sp³-hybridized carbons (Fsp3) is 0.143. The first-order valence-corrected chi connectivity index (χ1v) is 8.98. The molecule has 0 fully saturated rings.